The minimum atomic E-state index is 0. The molecule has 1 saturated heterocycles. The van der Waals surface area contributed by atoms with Crippen LogP contribution in [-0.4, -0.2) is 41.5 Å². The number of piperazine rings is 1. The van der Waals surface area contributed by atoms with Crippen molar-refractivity contribution in [2.24, 2.45) is 0 Å². The monoisotopic (exact) mass is 359 g/mol. The molecule has 1 amide bonds. The molecular weight excluding hydrogens is 341 g/mol. The molecule has 2 heterocycles. The Morgan fingerprint density at radius 2 is 2.05 bits per heavy atom. The molecule has 0 aliphatic carbocycles. The molecule has 0 spiro atoms. The second-order valence-electron chi connectivity index (χ2n) is 4.95. The van der Waals surface area contributed by atoms with E-state index in [-0.39, 0.29) is 36.8 Å². The standard InChI is InChI=1S/C15H17N3OS.2ClH/c1-11-9-16-7-8-18(11)15(19)13-10-17-14(20-13)12-5-3-2-4-6-12;;/h2-6,10-11,16H,7-9H2,1H3;2*1H/t11-;;/m0../s1. The van der Waals surface area contributed by atoms with Crippen LogP contribution in [0.5, 0.6) is 0 Å². The lowest BCUT2D eigenvalue weighted by Crippen LogP contribution is -2.52. The summed E-state index contributed by atoms with van der Waals surface area (Å²) < 4.78 is 0. The third kappa shape index (κ3) is 3.98. The van der Waals surface area contributed by atoms with E-state index >= 15 is 0 Å². The lowest BCUT2D eigenvalue weighted by atomic mass is 10.2. The average Bonchev–Trinajstić information content (AvgIpc) is 2.98. The van der Waals surface area contributed by atoms with Crippen molar-refractivity contribution in [3.05, 3.63) is 41.4 Å². The Labute approximate surface area is 146 Å². The molecule has 1 N–H and O–H groups in total. The second kappa shape index (κ2) is 8.48. The van der Waals surface area contributed by atoms with Gasteiger partial charge in [-0.3, -0.25) is 4.79 Å². The summed E-state index contributed by atoms with van der Waals surface area (Å²) in [4.78, 5) is 19.6. The van der Waals surface area contributed by atoms with Crippen molar-refractivity contribution in [2.45, 2.75) is 13.0 Å². The minimum absolute atomic E-state index is 0. The van der Waals surface area contributed by atoms with Crippen LogP contribution < -0.4 is 5.32 Å². The van der Waals surface area contributed by atoms with Gasteiger partial charge in [-0.25, -0.2) is 4.98 Å². The Kier molecular flexibility index (Phi) is 7.29. The van der Waals surface area contributed by atoms with Crippen LogP contribution in [0.25, 0.3) is 10.6 Å². The van der Waals surface area contributed by atoms with Crippen molar-refractivity contribution >= 4 is 42.1 Å². The zero-order chi connectivity index (χ0) is 13.9. The highest BCUT2D eigenvalue weighted by Gasteiger charge is 2.25. The first-order valence-corrected chi connectivity index (χ1v) is 7.60. The van der Waals surface area contributed by atoms with E-state index in [1.165, 1.54) is 11.3 Å². The molecule has 1 aliphatic rings. The van der Waals surface area contributed by atoms with Gasteiger partial charge in [-0.2, -0.15) is 0 Å². The fraction of sp³-hybridized carbons (Fsp3) is 0.333. The zero-order valence-corrected chi connectivity index (χ0v) is 14.6. The van der Waals surface area contributed by atoms with Crippen LogP contribution in [0.15, 0.2) is 36.5 Å². The van der Waals surface area contributed by atoms with Crippen molar-refractivity contribution in [3.8, 4) is 10.6 Å². The summed E-state index contributed by atoms with van der Waals surface area (Å²) in [6, 6.07) is 10.2. The highest BCUT2D eigenvalue weighted by Crippen LogP contribution is 2.26. The van der Waals surface area contributed by atoms with Crippen molar-refractivity contribution in [3.63, 3.8) is 0 Å². The van der Waals surface area contributed by atoms with E-state index < -0.39 is 0 Å². The molecule has 3 rings (SSSR count). The Balaban J connectivity index is 0.00000121. The Hall–Kier alpha value is -1.14. The van der Waals surface area contributed by atoms with Crippen molar-refractivity contribution in [2.75, 3.05) is 19.6 Å². The lowest BCUT2D eigenvalue weighted by Gasteiger charge is -2.33. The van der Waals surface area contributed by atoms with E-state index in [0.717, 1.165) is 35.1 Å². The summed E-state index contributed by atoms with van der Waals surface area (Å²) in [5.41, 5.74) is 1.06. The number of nitrogens with zero attached hydrogens (tertiary/aromatic N) is 2. The molecule has 1 aromatic heterocycles. The van der Waals surface area contributed by atoms with E-state index in [2.05, 4.69) is 17.2 Å². The predicted octanol–water partition coefficient (Wildman–Crippen LogP) is 3.09. The number of carbonyl (C=O) groups excluding carboxylic acids is 1. The van der Waals surface area contributed by atoms with E-state index in [4.69, 9.17) is 0 Å². The van der Waals surface area contributed by atoms with Crippen LogP contribution >= 0.6 is 36.2 Å². The summed E-state index contributed by atoms with van der Waals surface area (Å²) in [5.74, 6) is 0.0960. The molecule has 0 radical (unpaired) electrons. The van der Waals surface area contributed by atoms with Gasteiger partial charge in [0, 0.05) is 31.2 Å². The van der Waals surface area contributed by atoms with Gasteiger partial charge in [0.25, 0.3) is 5.91 Å². The number of aromatic nitrogens is 1. The van der Waals surface area contributed by atoms with Gasteiger partial charge in [0.2, 0.25) is 0 Å². The Morgan fingerprint density at radius 3 is 2.73 bits per heavy atom. The molecule has 7 heteroatoms. The van der Waals surface area contributed by atoms with Crippen molar-refractivity contribution in [1.82, 2.24) is 15.2 Å². The van der Waals surface area contributed by atoms with Crippen LogP contribution in [-0.2, 0) is 0 Å². The molecular formula is C15H19Cl2N3OS. The minimum Gasteiger partial charge on any atom is -0.333 e. The summed E-state index contributed by atoms with van der Waals surface area (Å²) in [5, 5.41) is 4.20. The van der Waals surface area contributed by atoms with E-state index in [1.54, 1.807) is 6.20 Å². The fourth-order valence-electron chi connectivity index (χ4n) is 2.37. The zero-order valence-electron chi connectivity index (χ0n) is 12.2. The number of hydrogen-bond acceptors (Lipinski definition) is 4. The summed E-state index contributed by atoms with van der Waals surface area (Å²) in [7, 11) is 0. The predicted molar refractivity (Wildman–Crippen MR) is 95.4 cm³/mol. The summed E-state index contributed by atoms with van der Waals surface area (Å²) in [6.07, 6.45) is 1.70. The Morgan fingerprint density at radius 1 is 1.32 bits per heavy atom. The highest BCUT2D eigenvalue weighted by molar-refractivity contribution is 7.16. The number of halogens is 2. The number of amides is 1. The number of hydrogen-bond donors (Lipinski definition) is 1. The number of nitrogens with one attached hydrogen (secondary N) is 1. The molecule has 22 heavy (non-hydrogen) atoms. The molecule has 1 atom stereocenters. The van der Waals surface area contributed by atoms with Crippen LogP contribution in [0, 0.1) is 0 Å². The molecule has 2 aromatic rings. The largest absolute Gasteiger partial charge is 0.333 e. The first kappa shape index (κ1) is 18.9. The first-order valence-electron chi connectivity index (χ1n) is 6.78. The van der Waals surface area contributed by atoms with Gasteiger partial charge in [-0.15, -0.1) is 36.2 Å². The maximum absolute atomic E-state index is 12.5. The van der Waals surface area contributed by atoms with Gasteiger partial charge in [0.1, 0.15) is 9.88 Å². The molecule has 0 unspecified atom stereocenters. The second-order valence-corrected chi connectivity index (χ2v) is 5.98. The smallest absolute Gasteiger partial charge is 0.265 e. The number of thiazole rings is 1. The SMILES string of the molecule is C[C@H]1CNCCN1C(=O)c1cnc(-c2ccccc2)s1.Cl.Cl. The maximum Gasteiger partial charge on any atom is 0.265 e. The lowest BCUT2D eigenvalue weighted by molar-refractivity contribution is 0.0660. The normalized spacial score (nSPS) is 17.3. The van der Waals surface area contributed by atoms with Gasteiger partial charge in [0.05, 0.1) is 6.20 Å². The van der Waals surface area contributed by atoms with Gasteiger partial charge in [-0.1, -0.05) is 30.3 Å². The molecule has 120 valence electrons. The number of rotatable bonds is 2. The van der Waals surface area contributed by atoms with Crippen LogP contribution in [0.1, 0.15) is 16.6 Å². The van der Waals surface area contributed by atoms with Gasteiger partial charge >= 0.3 is 0 Å². The molecule has 1 aliphatic heterocycles. The fourth-order valence-corrected chi connectivity index (χ4v) is 3.25. The van der Waals surface area contributed by atoms with Crippen molar-refractivity contribution in [1.29, 1.82) is 0 Å². The first-order chi connectivity index (χ1) is 9.75. The highest BCUT2D eigenvalue weighted by atomic mass is 35.5. The van der Waals surface area contributed by atoms with Crippen molar-refractivity contribution < 1.29 is 4.79 Å². The molecule has 4 nitrogen and oxygen atoms in total. The third-order valence-corrected chi connectivity index (χ3v) is 4.53. The van der Waals surface area contributed by atoms with Crippen LogP contribution in [0.3, 0.4) is 0 Å². The molecule has 0 saturated carbocycles. The molecule has 1 fully saturated rings. The number of benzene rings is 1. The van der Waals surface area contributed by atoms with E-state index in [1.807, 2.05) is 35.2 Å². The topological polar surface area (TPSA) is 45.2 Å². The van der Waals surface area contributed by atoms with E-state index in [9.17, 15) is 4.79 Å². The average molecular weight is 360 g/mol. The van der Waals surface area contributed by atoms with Crippen LogP contribution in [0.4, 0.5) is 0 Å². The Bertz CT molecular complexity index is 606. The van der Waals surface area contributed by atoms with Gasteiger partial charge < -0.3 is 10.2 Å². The van der Waals surface area contributed by atoms with Crippen LogP contribution in [0.2, 0.25) is 0 Å². The number of carbonyl (C=O) groups is 1. The summed E-state index contributed by atoms with van der Waals surface area (Å²) >= 11 is 1.47. The van der Waals surface area contributed by atoms with Gasteiger partial charge in [0.15, 0.2) is 0 Å². The van der Waals surface area contributed by atoms with Gasteiger partial charge in [-0.05, 0) is 6.92 Å². The molecule has 0 bridgehead atoms. The summed E-state index contributed by atoms with van der Waals surface area (Å²) in [6.45, 7) is 4.55. The maximum atomic E-state index is 12.5. The molecule has 1 aromatic carbocycles. The third-order valence-electron chi connectivity index (χ3n) is 3.50. The quantitative estimate of drug-likeness (QED) is 0.895. The van der Waals surface area contributed by atoms with E-state index in [0.29, 0.717) is 0 Å².